The first-order chi connectivity index (χ1) is 6.63. The van der Waals surface area contributed by atoms with Crippen molar-refractivity contribution >= 4 is 0 Å². The molecule has 1 aromatic carbocycles. The van der Waals surface area contributed by atoms with Crippen LogP contribution in [0.15, 0.2) is 18.2 Å². The molecule has 0 spiro atoms. The largest absolute Gasteiger partial charge is 0.307 e. The van der Waals surface area contributed by atoms with Crippen LogP contribution in [0.1, 0.15) is 5.56 Å². The van der Waals surface area contributed by atoms with Gasteiger partial charge in [0, 0.05) is 24.8 Å². The van der Waals surface area contributed by atoms with Gasteiger partial charge in [-0.15, -0.1) is 0 Å². The molecule has 0 radical (unpaired) electrons. The molecule has 2 nitrogen and oxygen atoms in total. The fourth-order valence-corrected chi connectivity index (χ4v) is 1.27. The molecule has 0 aliphatic rings. The number of halogens is 2. The van der Waals surface area contributed by atoms with E-state index < -0.39 is 11.6 Å². The van der Waals surface area contributed by atoms with Gasteiger partial charge in [-0.1, -0.05) is 6.07 Å². The van der Waals surface area contributed by atoms with Gasteiger partial charge in [0.25, 0.3) is 0 Å². The lowest BCUT2D eigenvalue weighted by atomic mass is 10.2. The first-order valence-corrected chi connectivity index (χ1v) is 4.40. The number of nitrogens with zero attached hydrogens (tertiary/aromatic N) is 1. The van der Waals surface area contributed by atoms with Crippen LogP contribution in [0.5, 0.6) is 0 Å². The summed E-state index contributed by atoms with van der Waals surface area (Å²) in [6.45, 7) is 1.13. The van der Waals surface area contributed by atoms with Crippen molar-refractivity contribution < 1.29 is 8.78 Å². The molecule has 0 amide bonds. The van der Waals surface area contributed by atoms with Crippen LogP contribution in [0.2, 0.25) is 0 Å². The monoisotopic (exact) mass is 200 g/mol. The summed E-state index contributed by atoms with van der Waals surface area (Å²) < 4.78 is 25.7. The van der Waals surface area contributed by atoms with Crippen molar-refractivity contribution in [2.24, 2.45) is 0 Å². The third-order valence-corrected chi connectivity index (χ3v) is 1.88. The molecule has 0 bridgehead atoms. The second-order valence-electron chi connectivity index (χ2n) is 3.26. The predicted molar refractivity (Wildman–Crippen MR) is 51.8 cm³/mol. The van der Waals surface area contributed by atoms with Gasteiger partial charge in [0.05, 0.1) is 0 Å². The Morgan fingerprint density at radius 3 is 2.64 bits per heavy atom. The van der Waals surface area contributed by atoms with Crippen molar-refractivity contribution in [3.05, 3.63) is 35.4 Å². The Bertz CT molecular complexity index is 302. The Balaban J connectivity index is 2.67. The first-order valence-electron chi connectivity index (χ1n) is 4.40. The molecule has 1 N–H and O–H groups in total. The molecule has 0 atom stereocenters. The van der Waals surface area contributed by atoms with Crippen LogP contribution in [0.25, 0.3) is 0 Å². The van der Waals surface area contributed by atoms with E-state index in [0.717, 1.165) is 6.07 Å². The van der Waals surface area contributed by atoms with Gasteiger partial charge < -0.3 is 5.32 Å². The zero-order valence-corrected chi connectivity index (χ0v) is 8.35. The minimum atomic E-state index is -0.539. The lowest BCUT2D eigenvalue weighted by molar-refractivity contribution is 0.304. The van der Waals surface area contributed by atoms with Gasteiger partial charge in [0.1, 0.15) is 11.6 Å². The maximum Gasteiger partial charge on any atom is 0.130 e. The Morgan fingerprint density at radius 1 is 1.36 bits per heavy atom. The molecule has 4 heteroatoms. The van der Waals surface area contributed by atoms with Crippen LogP contribution < -0.4 is 5.32 Å². The maximum atomic E-state index is 13.2. The molecular formula is C10H14F2N2. The van der Waals surface area contributed by atoms with E-state index in [1.54, 1.807) is 0 Å². The molecular weight excluding hydrogens is 186 g/mol. The summed E-state index contributed by atoms with van der Waals surface area (Å²) in [5, 5.41) is 2.95. The second kappa shape index (κ2) is 5.02. The number of nitrogens with one attached hydrogen (secondary N) is 1. The minimum Gasteiger partial charge on any atom is -0.307 e. The highest BCUT2D eigenvalue weighted by Crippen LogP contribution is 2.10. The molecule has 78 valence electrons. The quantitative estimate of drug-likeness (QED) is 0.742. The summed E-state index contributed by atoms with van der Waals surface area (Å²) >= 11 is 0. The summed E-state index contributed by atoms with van der Waals surface area (Å²) in [5.74, 6) is -1.03. The van der Waals surface area contributed by atoms with Crippen LogP contribution in [-0.4, -0.2) is 25.7 Å². The highest BCUT2D eigenvalue weighted by Gasteiger charge is 2.05. The van der Waals surface area contributed by atoms with Gasteiger partial charge in [-0.2, -0.15) is 0 Å². The van der Waals surface area contributed by atoms with Crippen molar-refractivity contribution in [2.75, 3.05) is 20.8 Å². The maximum absolute atomic E-state index is 13.2. The van der Waals surface area contributed by atoms with E-state index in [2.05, 4.69) is 5.32 Å². The fourth-order valence-electron chi connectivity index (χ4n) is 1.27. The highest BCUT2D eigenvalue weighted by atomic mass is 19.1. The molecule has 14 heavy (non-hydrogen) atoms. The van der Waals surface area contributed by atoms with Crippen molar-refractivity contribution in [3.8, 4) is 0 Å². The molecule has 0 saturated carbocycles. The van der Waals surface area contributed by atoms with Gasteiger partial charge in [0.2, 0.25) is 0 Å². The normalized spacial score (nSPS) is 10.9. The van der Waals surface area contributed by atoms with E-state index >= 15 is 0 Å². The van der Waals surface area contributed by atoms with Crippen LogP contribution in [-0.2, 0) is 6.54 Å². The summed E-state index contributed by atoms with van der Waals surface area (Å²) in [5.41, 5.74) is 0.504. The van der Waals surface area contributed by atoms with Crippen LogP contribution in [0.3, 0.4) is 0 Å². The van der Waals surface area contributed by atoms with Gasteiger partial charge in [0.15, 0.2) is 0 Å². The van der Waals surface area contributed by atoms with E-state index in [-0.39, 0.29) is 0 Å². The lowest BCUT2D eigenvalue weighted by Gasteiger charge is -2.16. The average molecular weight is 200 g/mol. The Kier molecular flexibility index (Phi) is 3.98. The molecule has 1 rings (SSSR count). The molecule has 1 aromatic rings. The van der Waals surface area contributed by atoms with E-state index in [1.165, 1.54) is 12.1 Å². The Labute approximate surface area is 82.5 Å². The Hall–Kier alpha value is -1.00. The van der Waals surface area contributed by atoms with E-state index in [9.17, 15) is 8.78 Å². The minimum absolute atomic E-state index is 0.465. The number of rotatable bonds is 4. The third-order valence-electron chi connectivity index (χ3n) is 1.88. The van der Waals surface area contributed by atoms with Crippen LogP contribution >= 0.6 is 0 Å². The number of hydrogen-bond acceptors (Lipinski definition) is 2. The van der Waals surface area contributed by atoms with Gasteiger partial charge >= 0.3 is 0 Å². The van der Waals surface area contributed by atoms with E-state index in [0.29, 0.717) is 18.8 Å². The fraction of sp³-hybridized carbons (Fsp3) is 0.400. The standard InChI is InChI=1S/C10H14F2N2/c1-13-7-14(2)6-8-3-4-9(11)5-10(8)12/h3-5,13H,6-7H2,1-2H3. The average Bonchev–Trinajstić information content (AvgIpc) is 2.10. The van der Waals surface area contributed by atoms with Crippen LogP contribution in [0.4, 0.5) is 8.78 Å². The van der Waals surface area contributed by atoms with E-state index in [1.807, 2.05) is 19.0 Å². The molecule has 0 saturated heterocycles. The summed E-state index contributed by atoms with van der Waals surface area (Å²) in [6.07, 6.45) is 0. The second-order valence-corrected chi connectivity index (χ2v) is 3.26. The van der Waals surface area contributed by atoms with Gasteiger partial charge in [-0.3, -0.25) is 4.90 Å². The summed E-state index contributed by atoms with van der Waals surface area (Å²) in [4.78, 5) is 1.90. The Morgan fingerprint density at radius 2 is 2.07 bits per heavy atom. The van der Waals surface area contributed by atoms with Crippen molar-refractivity contribution in [1.29, 1.82) is 0 Å². The van der Waals surface area contributed by atoms with Crippen molar-refractivity contribution in [1.82, 2.24) is 10.2 Å². The third kappa shape index (κ3) is 3.05. The summed E-state index contributed by atoms with van der Waals surface area (Å²) in [6, 6.07) is 3.64. The first kappa shape index (κ1) is 11.1. The predicted octanol–water partition coefficient (Wildman–Crippen LogP) is 1.57. The van der Waals surface area contributed by atoms with E-state index in [4.69, 9.17) is 0 Å². The molecule has 0 heterocycles. The summed E-state index contributed by atoms with van der Waals surface area (Å²) in [7, 11) is 3.68. The van der Waals surface area contributed by atoms with Crippen molar-refractivity contribution in [2.45, 2.75) is 6.54 Å². The zero-order valence-electron chi connectivity index (χ0n) is 8.35. The van der Waals surface area contributed by atoms with Crippen LogP contribution in [0, 0.1) is 11.6 Å². The van der Waals surface area contributed by atoms with Gasteiger partial charge in [-0.25, -0.2) is 8.78 Å². The lowest BCUT2D eigenvalue weighted by Crippen LogP contribution is -2.28. The number of hydrogen-bond donors (Lipinski definition) is 1. The molecule has 0 fully saturated rings. The highest BCUT2D eigenvalue weighted by molar-refractivity contribution is 5.18. The molecule has 0 aromatic heterocycles. The van der Waals surface area contributed by atoms with Gasteiger partial charge in [-0.05, 0) is 20.2 Å². The molecule has 0 unspecified atom stereocenters. The SMILES string of the molecule is CNCN(C)Cc1ccc(F)cc1F. The van der Waals surface area contributed by atoms with Crippen molar-refractivity contribution in [3.63, 3.8) is 0 Å². The smallest absolute Gasteiger partial charge is 0.130 e. The number of benzene rings is 1. The molecule has 0 aliphatic heterocycles. The molecule has 0 aliphatic carbocycles. The zero-order chi connectivity index (χ0) is 10.6. The topological polar surface area (TPSA) is 15.3 Å².